The molecule has 6 nitrogen and oxygen atoms in total. The van der Waals surface area contributed by atoms with Crippen molar-refractivity contribution in [2.45, 2.75) is 45.8 Å². The van der Waals surface area contributed by atoms with E-state index >= 15 is 0 Å². The number of amides is 1. The second-order valence-electron chi connectivity index (χ2n) is 6.55. The first-order valence-corrected chi connectivity index (χ1v) is 7.57. The van der Waals surface area contributed by atoms with Gasteiger partial charge in [-0.05, 0) is 34.6 Å². The van der Waals surface area contributed by atoms with Crippen LogP contribution >= 0.6 is 11.6 Å². The van der Waals surface area contributed by atoms with Crippen molar-refractivity contribution in [2.75, 3.05) is 32.2 Å². The first-order chi connectivity index (χ1) is 9.58. The molecular weight excluding hydrogens is 296 g/mol. The highest BCUT2D eigenvalue weighted by Crippen LogP contribution is 2.20. The van der Waals surface area contributed by atoms with Crippen LogP contribution < -0.4 is 0 Å². The number of nitrogens with zero attached hydrogens (tertiary/aromatic N) is 2. The molecule has 1 aliphatic heterocycles. The number of esters is 1. The zero-order valence-electron chi connectivity index (χ0n) is 13.4. The van der Waals surface area contributed by atoms with Crippen molar-refractivity contribution in [2.24, 2.45) is 0 Å². The fourth-order valence-corrected chi connectivity index (χ4v) is 2.23. The molecule has 21 heavy (non-hydrogen) atoms. The first kappa shape index (κ1) is 18.0. The molecule has 1 heterocycles. The largest absolute Gasteiger partial charge is 0.448 e. The van der Waals surface area contributed by atoms with Gasteiger partial charge in [0.1, 0.15) is 11.1 Å². The maximum absolute atomic E-state index is 12.0. The van der Waals surface area contributed by atoms with Gasteiger partial charge < -0.3 is 14.4 Å². The average Bonchev–Trinajstić information content (AvgIpc) is 2.37. The van der Waals surface area contributed by atoms with Crippen molar-refractivity contribution >= 4 is 23.7 Å². The minimum absolute atomic E-state index is 0.153. The van der Waals surface area contributed by atoms with Crippen molar-refractivity contribution in [3.63, 3.8) is 0 Å². The Morgan fingerprint density at radius 1 is 1.05 bits per heavy atom. The molecule has 0 N–H and O–H groups in total. The predicted molar refractivity (Wildman–Crippen MR) is 80.3 cm³/mol. The Morgan fingerprint density at radius 2 is 1.57 bits per heavy atom. The minimum atomic E-state index is -0.755. The zero-order valence-corrected chi connectivity index (χ0v) is 14.2. The average molecular weight is 321 g/mol. The molecule has 0 bridgehead atoms. The molecule has 1 amide bonds. The lowest BCUT2D eigenvalue weighted by atomic mass is 10.0. The summed E-state index contributed by atoms with van der Waals surface area (Å²) in [6.45, 7) is 11.3. The molecular formula is C14H25ClN2O4. The van der Waals surface area contributed by atoms with Crippen LogP contribution in [0.3, 0.4) is 0 Å². The predicted octanol–water partition coefficient (Wildman–Crippen LogP) is 2.06. The van der Waals surface area contributed by atoms with Crippen LogP contribution in [-0.2, 0) is 14.3 Å². The lowest BCUT2D eigenvalue weighted by Gasteiger charge is -2.42. The van der Waals surface area contributed by atoms with Crippen LogP contribution in [-0.4, -0.2) is 65.2 Å². The van der Waals surface area contributed by atoms with E-state index in [0.717, 1.165) is 0 Å². The summed E-state index contributed by atoms with van der Waals surface area (Å²) in [6, 6.07) is -0.153. The highest BCUT2D eigenvalue weighted by atomic mass is 35.5. The molecule has 122 valence electrons. The Labute approximate surface area is 131 Å². The van der Waals surface area contributed by atoms with Gasteiger partial charge in [0.15, 0.2) is 6.07 Å². The van der Waals surface area contributed by atoms with Crippen LogP contribution in [0.2, 0.25) is 0 Å². The summed E-state index contributed by atoms with van der Waals surface area (Å²) in [7, 11) is 0. The summed E-state index contributed by atoms with van der Waals surface area (Å²) >= 11 is 5.44. The number of rotatable bonds is 3. The smallest absolute Gasteiger partial charge is 0.410 e. The molecule has 0 aliphatic carbocycles. The molecule has 1 aliphatic rings. The van der Waals surface area contributed by atoms with E-state index in [1.54, 1.807) is 18.7 Å². The summed E-state index contributed by atoms with van der Waals surface area (Å²) in [5, 5.41) is 0. The third-order valence-corrected chi connectivity index (χ3v) is 3.52. The zero-order chi connectivity index (χ0) is 16.3. The molecule has 0 radical (unpaired) electrons. The molecule has 0 atom stereocenters. The molecule has 7 heteroatoms. The Hall–Kier alpha value is -1.01. The van der Waals surface area contributed by atoms with E-state index in [0.29, 0.717) is 26.2 Å². The summed E-state index contributed by atoms with van der Waals surface area (Å²) in [5.41, 5.74) is -1.26. The van der Waals surface area contributed by atoms with Gasteiger partial charge in [-0.1, -0.05) is 11.6 Å². The van der Waals surface area contributed by atoms with Gasteiger partial charge >= 0.3 is 12.1 Å². The molecule has 0 aromatic rings. The Morgan fingerprint density at radius 3 is 2.00 bits per heavy atom. The summed E-state index contributed by atoms with van der Waals surface area (Å²) in [4.78, 5) is 27.5. The standard InChI is InChI=1S/C14H25ClN2O4/c1-13(2,3)21-12(19)16-6-8-17(9-7-16)14(4,5)11(18)20-10-15/h6-10H2,1-5H3. The summed E-state index contributed by atoms with van der Waals surface area (Å²) < 4.78 is 10.2. The van der Waals surface area contributed by atoms with Crippen molar-refractivity contribution < 1.29 is 19.1 Å². The molecule has 1 fully saturated rings. The number of carbonyl (C=O) groups excluding carboxylic acids is 2. The lowest BCUT2D eigenvalue weighted by Crippen LogP contribution is -2.59. The monoisotopic (exact) mass is 320 g/mol. The van der Waals surface area contributed by atoms with Crippen molar-refractivity contribution in [3.8, 4) is 0 Å². The van der Waals surface area contributed by atoms with Gasteiger partial charge in [0.2, 0.25) is 0 Å². The molecule has 0 aromatic heterocycles. The number of piperazine rings is 1. The molecule has 1 rings (SSSR count). The fraction of sp³-hybridized carbons (Fsp3) is 0.857. The second kappa shape index (κ2) is 6.83. The number of halogens is 1. The Bertz CT molecular complexity index is 385. The Balaban J connectivity index is 2.55. The molecule has 0 spiro atoms. The number of hydrogen-bond donors (Lipinski definition) is 0. The third kappa shape index (κ3) is 5.04. The normalized spacial score (nSPS) is 17.5. The van der Waals surface area contributed by atoms with Crippen LogP contribution in [0.25, 0.3) is 0 Å². The van der Waals surface area contributed by atoms with Crippen LogP contribution in [0.15, 0.2) is 0 Å². The van der Waals surface area contributed by atoms with Gasteiger partial charge in [0, 0.05) is 26.2 Å². The molecule has 0 aromatic carbocycles. The lowest BCUT2D eigenvalue weighted by molar-refractivity contribution is -0.155. The number of ether oxygens (including phenoxy) is 2. The van der Waals surface area contributed by atoms with Crippen LogP contribution in [0, 0.1) is 0 Å². The van der Waals surface area contributed by atoms with E-state index in [-0.39, 0.29) is 18.1 Å². The highest BCUT2D eigenvalue weighted by Gasteiger charge is 2.38. The maximum atomic E-state index is 12.0. The van der Waals surface area contributed by atoms with Gasteiger partial charge in [-0.3, -0.25) is 9.69 Å². The maximum Gasteiger partial charge on any atom is 0.410 e. The highest BCUT2D eigenvalue weighted by molar-refractivity contribution is 6.17. The number of alkyl halides is 1. The van der Waals surface area contributed by atoms with E-state index in [1.165, 1.54) is 0 Å². The topological polar surface area (TPSA) is 59.1 Å². The quantitative estimate of drug-likeness (QED) is 0.588. The van der Waals surface area contributed by atoms with Crippen molar-refractivity contribution in [1.29, 1.82) is 0 Å². The summed E-state index contributed by atoms with van der Waals surface area (Å²) in [5.74, 6) is -0.358. The van der Waals surface area contributed by atoms with E-state index < -0.39 is 11.1 Å². The van der Waals surface area contributed by atoms with Crippen LogP contribution in [0.5, 0.6) is 0 Å². The van der Waals surface area contributed by atoms with Gasteiger partial charge in [-0.2, -0.15) is 0 Å². The molecule has 1 saturated heterocycles. The van der Waals surface area contributed by atoms with E-state index in [2.05, 4.69) is 0 Å². The van der Waals surface area contributed by atoms with Gasteiger partial charge in [0.25, 0.3) is 0 Å². The van der Waals surface area contributed by atoms with E-state index in [9.17, 15) is 9.59 Å². The summed E-state index contributed by atoms with van der Waals surface area (Å²) in [6.07, 6.45) is -0.316. The minimum Gasteiger partial charge on any atom is -0.448 e. The van der Waals surface area contributed by atoms with Gasteiger partial charge in [0.05, 0.1) is 0 Å². The van der Waals surface area contributed by atoms with Gasteiger partial charge in [-0.15, -0.1) is 0 Å². The van der Waals surface area contributed by atoms with Crippen LogP contribution in [0.4, 0.5) is 4.79 Å². The third-order valence-electron chi connectivity index (χ3n) is 3.41. The molecule has 0 unspecified atom stereocenters. The van der Waals surface area contributed by atoms with Crippen molar-refractivity contribution in [1.82, 2.24) is 9.80 Å². The number of hydrogen-bond acceptors (Lipinski definition) is 5. The molecule has 0 saturated carbocycles. The van der Waals surface area contributed by atoms with Crippen LogP contribution in [0.1, 0.15) is 34.6 Å². The van der Waals surface area contributed by atoms with Gasteiger partial charge in [-0.25, -0.2) is 4.79 Å². The SMILES string of the molecule is CC(C)(C)OC(=O)N1CCN(C(C)(C)C(=O)OCCl)CC1. The fourth-order valence-electron chi connectivity index (χ4n) is 2.13. The van der Waals surface area contributed by atoms with Crippen molar-refractivity contribution in [3.05, 3.63) is 0 Å². The number of carbonyl (C=O) groups is 2. The van der Waals surface area contributed by atoms with E-state index in [1.807, 2.05) is 25.7 Å². The first-order valence-electron chi connectivity index (χ1n) is 7.04. The van der Waals surface area contributed by atoms with E-state index in [4.69, 9.17) is 21.1 Å². The second-order valence-corrected chi connectivity index (χ2v) is 6.77. The Kier molecular flexibility index (Phi) is 5.87.